The standard InChI is InChI=1S/C16H15FN2O/c1-19(11-12-4-3-5-14(17)8-12)16-9-15(20-2)7-6-13(16)10-18/h3-9H,11H2,1-2H3. The Bertz CT molecular complexity index is 649. The summed E-state index contributed by atoms with van der Waals surface area (Å²) in [6, 6.07) is 13.9. The second-order valence-electron chi connectivity index (χ2n) is 4.48. The Balaban J connectivity index is 2.28. The summed E-state index contributed by atoms with van der Waals surface area (Å²) in [6.45, 7) is 0.513. The van der Waals surface area contributed by atoms with Crippen LogP contribution in [0.15, 0.2) is 42.5 Å². The third-order valence-corrected chi connectivity index (χ3v) is 3.05. The highest BCUT2D eigenvalue weighted by Crippen LogP contribution is 2.26. The average molecular weight is 270 g/mol. The average Bonchev–Trinajstić information content (AvgIpc) is 2.46. The molecule has 0 aliphatic rings. The third-order valence-electron chi connectivity index (χ3n) is 3.05. The van der Waals surface area contributed by atoms with Crippen molar-refractivity contribution in [2.75, 3.05) is 19.1 Å². The van der Waals surface area contributed by atoms with Crippen LogP contribution in [0.1, 0.15) is 11.1 Å². The summed E-state index contributed by atoms with van der Waals surface area (Å²) in [5, 5.41) is 9.16. The topological polar surface area (TPSA) is 36.3 Å². The van der Waals surface area contributed by atoms with E-state index in [4.69, 9.17) is 10.00 Å². The van der Waals surface area contributed by atoms with Gasteiger partial charge in [-0.05, 0) is 29.8 Å². The van der Waals surface area contributed by atoms with Crippen LogP contribution in [0, 0.1) is 17.1 Å². The summed E-state index contributed by atoms with van der Waals surface area (Å²) in [5.41, 5.74) is 2.17. The number of nitrogens with zero attached hydrogens (tertiary/aromatic N) is 2. The molecule has 0 aliphatic heterocycles. The van der Waals surface area contributed by atoms with Crippen LogP contribution in [0.3, 0.4) is 0 Å². The van der Waals surface area contributed by atoms with Crippen molar-refractivity contribution in [1.82, 2.24) is 0 Å². The van der Waals surface area contributed by atoms with E-state index in [1.165, 1.54) is 12.1 Å². The van der Waals surface area contributed by atoms with Gasteiger partial charge in [0.15, 0.2) is 0 Å². The first kappa shape index (κ1) is 13.9. The number of benzene rings is 2. The lowest BCUT2D eigenvalue weighted by molar-refractivity contribution is 0.415. The van der Waals surface area contributed by atoms with Crippen LogP contribution in [-0.4, -0.2) is 14.2 Å². The summed E-state index contributed by atoms with van der Waals surface area (Å²) >= 11 is 0. The molecule has 0 bridgehead atoms. The summed E-state index contributed by atoms with van der Waals surface area (Å²) in [7, 11) is 3.44. The van der Waals surface area contributed by atoms with E-state index in [0.29, 0.717) is 17.9 Å². The van der Waals surface area contributed by atoms with E-state index >= 15 is 0 Å². The van der Waals surface area contributed by atoms with Crippen LogP contribution < -0.4 is 9.64 Å². The summed E-state index contributed by atoms with van der Waals surface area (Å²) in [4.78, 5) is 1.90. The molecule has 0 saturated carbocycles. The zero-order valence-corrected chi connectivity index (χ0v) is 11.4. The van der Waals surface area contributed by atoms with E-state index in [-0.39, 0.29) is 5.82 Å². The van der Waals surface area contributed by atoms with Gasteiger partial charge < -0.3 is 9.64 Å². The van der Waals surface area contributed by atoms with Crippen molar-refractivity contribution in [2.24, 2.45) is 0 Å². The number of ether oxygens (including phenoxy) is 1. The maximum atomic E-state index is 13.2. The second kappa shape index (κ2) is 6.07. The van der Waals surface area contributed by atoms with E-state index < -0.39 is 0 Å². The lowest BCUT2D eigenvalue weighted by Crippen LogP contribution is -2.17. The van der Waals surface area contributed by atoms with Crippen molar-refractivity contribution in [3.63, 3.8) is 0 Å². The maximum Gasteiger partial charge on any atom is 0.123 e. The minimum absolute atomic E-state index is 0.262. The Hall–Kier alpha value is -2.54. The first-order chi connectivity index (χ1) is 9.63. The Labute approximate surface area is 117 Å². The molecular weight excluding hydrogens is 255 g/mol. The van der Waals surface area contributed by atoms with E-state index in [2.05, 4.69) is 6.07 Å². The molecule has 0 heterocycles. The van der Waals surface area contributed by atoms with Crippen LogP contribution >= 0.6 is 0 Å². The van der Waals surface area contributed by atoms with Crippen molar-refractivity contribution in [2.45, 2.75) is 6.54 Å². The van der Waals surface area contributed by atoms with Gasteiger partial charge in [-0.25, -0.2) is 4.39 Å². The molecule has 2 aromatic rings. The van der Waals surface area contributed by atoms with Crippen molar-refractivity contribution in [3.8, 4) is 11.8 Å². The third kappa shape index (κ3) is 3.07. The van der Waals surface area contributed by atoms with Crippen molar-refractivity contribution in [3.05, 3.63) is 59.4 Å². The van der Waals surface area contributed by atoms with Crippen LogP contribution in [0.5, 0.6) is 5.75 Å². The minimum Gasteiger partial charge on any atom is -0.497 e. The molecule has 4 heteroatoms. The minimum atomic E-state index is -0.262. The molecule has 0 radical (unpaired) electrons. The zero-order valence-electron chi connectivity index (χ0n) is 11.4. The lowest BCUT2D eigenvalue weighted by atomic mass is 10.1. The van der Waals surface area contributed by atoms with E-state index in [9.17, 15) is 4.39 Å². The molecule has 0 amide bonds. The number of hydrogen-bond acceptors (Lipinski definition) is 3. The second-order valence-corrected chi connectivity index (χ2v) is 4.48. The molecule has 0 aromatic heterocycles. The Morgan fingerprint density at radius 2 is 2.05 bits per heavy atom. The summed E-state index contributed by atoms with van der Waals surface area (Å²) < 4.78 is 18.4. The molecule has 2 aromatic carbocycles. The predicted octanol–water partition coefficient (Wildman–Crippen LogP) is 3.34. The van der Waals surface area contributed by atoms with Crippen molar-refractivity contribution in [1.29, 1.82) is 5.26 Å². The van der Waals surface area contributed by atoms with Crippen molar-refractivity contribution >= 4 is 5.69 Å². The van der Waals surface area contributed by atoms with Gasteiger partial charge in [-0.15, -0.1) is 0 Å². The fourth-order valence-electron chi connectivity index (χ4n) is 2.04. The van der Waals surface area contributed by atoms with Gasteiger partial charge in [0.2, 0.25) is 0 Å². The Morgan fingerprint density at radius 3 is 2.70 bits per heavy atom. The SMILES string of the molecule is COc1ccc(C#N)c(N(C)Cc2cccc(F)c2)c1. The van der Waals surface area contributed by atoms with E-state index in [0.717, 1.165) is 11.3 Å². The molecule has 0 saturated heterocycles. The van der Waals surface area contributed by atoms with Gasteiger partial charge in [0.1, 0.15) is 17.6 Å². The maximum absolute atomic E-state index is 13.2. The van der Waals surface area contributed by atoms with Gasteiger partial charge in [-0.2, -0.15) is 5.26 Å². The normalized spacial score (nSPS) is 9.90. The molecule has 0 unspecified atom stereocenters. The molecule has 20 heavy (non-hydrogen) atoms. The van der Waals surface area contributed by atoms with Gasteiger partial charge >= 0.3 is 0 Å². The highest BCUT2D eigenvalue weighted by molar-refractivity contribution is 5.61. The van der Waals surface area contributed by atoms with Crippen LogP contribution in [-0.2, 0) is 6.54 Å². The smallest absolute Gasteiger partial charge is 0.123 e. The largest absolute Gasteiger partial charge is 0.497 e. The number of halogens is 1. The van der Waals surface area contributed by atoms with Gasteiger partial charge in [0, 0.05) is 19.7 Å². The van der Waals surface area contributed by atoms with Crippen LogP contribution in [0.2, 0.25) is 0 Å². The zero-order chi connectivity index (χ0) is 14.5. The quantitative estimate of drug-likeness (QED) is 0.855. The Kier molecular flexibility index (Phi) is 4.21. The molecule has 2 rings (SSSR count). The Morgan fingerprint density at radius 1 is 1.25 bits per heavy atom. The highest BCUT2D eigenvalue weighted by atomic mass is 19.1. The monoisotopic (exact) mass is 270 g/mol. The first-order valence-corrected chi connectivity index (χ1v) is 6.17. The molecule has 0 atom stereocenters. The summed E-state index contributed by atoms with van der Waals surface area (Å²) in [5.74, 6) is 0.423. The van der Waals surface area contributed by atoms with Gasteiger partial charge in [0.05, 0.1) is 18.4 Å². The van der Waals surface area contributed by atoms with Crippen LogP contribution in [0.4, 0.5) is 10.1 Å². The highest BCUT2D eigenvalue weighted by Gasteiger charge is 2.10. The number of methoxy groups -OCH3 is 1. The molecule has 0 spiro atoms. The number of nitriles is 1. The number of anilines is 1. The number of hydrogen-bond donors (Lipinski definition) is 0. The molecule has 102 valence electrons. The number of rotatable bonds is 4. The van der Waals surface area contributed by atoms with Gasteiger partial charge in [-0.1, -0.05) is 12.1 Å². The predicted molar refractivity (Wildman–Crippen MR) is 76.2 cm³/mol. The van der Waals surface area contributed by atoms with Crippen LogP contribution in [0.25, 0.3) is 0 Å². The lowest BCUT2D eigenvalue weighted by Gasteiger charge is -2.21. The van der Waals surface area contributed by atoms with Gasteiger partial charge in [0.25, 0.3) is 0 Å². The molecule has 0 N–H and O–H groups in total. The van der Waals surface area contributed by atoms with E-state index in [1.807, 2.05) is 18.0 Å². The van der Waals surface area contributed by atoms with Crippen molar-refractivity contribution < 1.29 is 9.13 Å². The first-order valence-electron chi connectivity index (χ1n) is 6.17. The fraction of sp³-hybridized carbons (Fsp3) is 0.188. The van der Waals surface area contributed by atoms with E-state index in [1.54, 1.807) is 31.4 Å². The molecule has 3 nitrogen and oxygen atoms in total. The summed E-state index contributed by atoms with van der Waals surface area (Å²) in [6.07, 6.45) is 0. The van der Waals surface area contributed by atoms with Gasteiger partial charge in [-0.3, -0.25) is 0 Å². The fourth-order valence-corrected chi connectivity index (χ4v) is 2.04. The molecule has 0 aliphatic carbocycles. The molecule has 0 fully saturated rings. The molecular formula is C16H15FN2O.